The van der Waals surface area contributed by atoms with E-state index in [9.17, 15) is 20.2 Å². The lowest BCUT2D eigenvalue weighted by Crippen LogP contribution is -1.97. The summed E-state index contributed by atoms with van der Waals surface area (Å²) in [6, 6.07) is 9.88. The Morgan fingerprint density at radius 2 is 1.62 bits per heavy atom. The number of nitro groups is 2. The highest BCUT2D eigenvalue weighted by atomic mass is 16.6. The summed E-state index contributed by atoms with van der Waals surface area (Å²) in [4.78, 5) is 19.9. The summed E-state index contributed by atoms with van der Waals surface area (Å²) in [5.74, 6) is 2.92. The first-order valence-electron chi connectivity index (χ1n) is 5.68. The number of ether oxygens (including phenoxy) is 1. The third kappa shape index (κ3) is 3.13. The molecule has 21 heavy (non-hydrogen) atoms. The lowest BCUT2D eigenvalue weighted by molar-refractivity contribution is -0.422. The van der Waals surface area contributed by atoms with E-state index in [1.165, 1.54) is 6.07 Å². The van der Waals surface area contributed by atoms with Crippen LogP contribution in [-0.2, 0) is 0 Å². The zero-order valence-electron chi connectivity index (χ0n) is 10.6. The van der Waals surface area contributed by atoms with Gasteiger partial charge in [-0.2, -0.15) is 0 Å². The predicted octanol–water partition coefficient (Wildman–Crippen LogP) is 3.28. The normalized spacial score (nSPS) is 9.67. The number of terminal acetylenes is 1. The summed E-state index contributed by atoms with van der Waals surface area (Å²) in [6.45, 7) is 0. The molecule has 0 amide bonds. The molecule has 0 saturated heterocycles. The first-order chi connectivity index (χ1) is 10.0. The molecule has 0 bridgehead atoms. The van der Waals surface area contributed by atoms with Crippen LogP contribution in [0.15, 0.2) is 42.5 Å². The van der Waals surface area contributed by atoms with Gasteiger partial charge in [-0.25, -0.2) is 0 Å². The minimum Gasteiger partial charge on any atom is -0.457 e. The van der Waals surface area contributed by atoms with Crippen LogP contribution in [0.3, 0.4) is 0 Å². The highest BCUT2D eigenvalue weighted by Crippen LogP contribution is 2.32. The van der Waals surface area contributed by atoms with E-state index in [1.807, 2.05) is 0 Å². The predicted molar refractivity (Wildman–Crippen MR) is 74.2 cm³/mol. The van der Waals surface area contributed by atoms with Crippen LogP contribution in [0.4, 0.5) is 11.4 Å². The largest absolute Gasteiger partial charge is 0.457 e. The third-order valence-electron chi connectivity index (χ3n) is 2.58. The Labute approximate surface area is 119 Å². The molecule has 0 fully saturated rings. The Morgan fingerprint density at radius 1 is 0.952 bits per heavy atom. The average molecular weight is 284 g/mol. The summed E-state index contributed by atoms with van der Waals surface area (Å²) in [5, 5.41) is 21.6. The zero-order chi connectivity index (χ0) is 15.4. The van der Waals surface area contributed by atoms with E-state index in [2.05, 4.69) is 5.92 Å². The molecule has 2 aromatic carbocycles. The minimum atomic E-state index is -0.831. The van der Waals surface area contributed by atoms with E-state index in [0.29, 0.717) is 11.3 Å². The number of benzene rings is 2. The van der Waals surface area contributed by atoms with Crippen molar-refractivity contribution in [3.63, 3.8) is 0 Å². The summed E-state index contributed by atoms with van der Waals surface area (Å²) in [5.41, 5.74) is -0.640. The standard InChI is InChI=1S/C14H8N2O5/c1-2-10-4-3-5-11(8-10)21-12-6-7-13(15(17)18)14(9-12)16(19)20/h1,3-9H. The summed E-state index contributed by atoms with van der Waals surface area (Å²) in [6.07, 6.45) is 5.26. The van der Waals surface area contributed by atoms with Gasteiger partial charge in [-0.05, 0) is 24.3 Å². The van der Waals surface area contributed by atoms with Crippen LogP contribution in [0, 0.1) is 32.6 Å². The average Bonchev–Trinajstić information content (AvgIpc) is 2.47. The van der Waals surface area contributed by atoms with Gasteiger partial charge in [0.2, 0.25) is 0 Å². The summed E-state index contributed by atoms with van der Waals surface area (Å²) in [7, 11) is 0. The van der Waals surface area contributed by atoms with E-state index < -0.39 is 21.2 Å². The van der Waals surface area contributed by atoms with Gasteiger partial charge in [0.05, 0.1) is 15.9 Å². The van der Waals surface area contributed by atoms with Gasteiger partial charge >= 0.3 is 11.4 Å². The molecule has 0 spiro atoms. The van der Waals surface area contributed by atoms with Gasteiger partial charge in [-0.3, -0.25) is 20.2 Å². The molecular formula is C14H8N2O5. The van der Waals surface area contributed by atoms with Gasteiger partial charge in [-0.1, -0.05) is 12.0 Å². The minimum absolute atomic E-state index is 0.112. The SMILES string of the molecule is C#Cc1cccc(Oc2ccc([N+](=O)[O-])c([N+](=O)[O-])c2)c1. The highest BCUT2D eigenvalue weighted by molar-refractivity contribution is 5.56. The van der Waals surface area contributed by atoms with E-state index in [0.717, 1.165) is 12.1 Å². The Morgan fingerprint density at radius 3 is 2.24 bits per heavy atom. The number of rotatable bonds is 4. The second-order valence-electron chi connectivity index (χ2n) is 3.94. The van der Waals surface area contributed by atoms with Crippen molar-refractivity contribution >= 4 is 11.4 Å². The fourth-order valence-electron chi connectivity index (χ4n) is 1.65. The molecule has 2 aromatic rings. The molecule has 7 heteroatoms. The van der Waals surface area contributed by atoms with E-state index in [1.54, 1.807) is 24.3 Å². The van der Waals surface area contributed by atoms with Gasteiger partial charge in [0.1, 0.15) is 11.5 Å². The maximum atomic E-state index is 10.9. The number of hydrogen-bond acceptors (Lipinski definition) is 5. The Bertz CT molecular complexity index is 764. The van der Waals surface area contributed by atoms with Crippen molar-refractivity contribution in [2.75, 3.05) is 0 Å². The zero-order valence-corrected chi connectivity index (χ0v) is 10.6. The molecule has 0 atom stereocenters. The molecule has 0 aromatic heterocycles. The van der Waals surface area contributed by atoms with Crippen LogP contribution in [0.5, 0.6) is 11.5 Å². The first kappa shape index (κ1) is 14.0. The van der Waals surface area contributed by atoms with Crippen LogP contribution in [-0.4, -0.2) is 9.85 Å². The van der Waals surface area contributed by atoms with Crippen molar-refractivity contribution in [2.45, 2.75) is 0 Å². The smallest absolute Gasteiger partial charge is 0.349 e. The molecule has 0 N–H and O–H groups in total. The molecule has 104 valence electrons. The molecule has 7 nitrogen and oxygen atoms in total. The number of nitro benzene ring substituents is 2. The molecule has 2 rings (SSSR count). The maximum Gasteiger partial charge on any atom is 0.349 e. The van der Waals surface area contributed by atoms with Gasteiger partial charge in [0.25, 0.3) is 0 Å². The van der Waals surface area contributed by atoms with Gasteiger partial charge < -0.3 is 4.74 Å². The van der Waals surface area contributed by atoms with Crippen LogP contribution >= 0.6 is 0 Å². The quantitative estimate of drug-likeness (QED) is 0.487. The lowest BCUT2D eigenvalue weighted by Gasteiger charge is -2.06. The van der Waals surface area contributed by atoms with Gasteiger partial charge in [-0.15, -0.1) is 6.42 Å². The topological polar surface area (TPSA) is 95.5 Å². The van der Waals surface area contributed by atoms with Crippen molar-refractivity contribution in [1.29, 1.82) is 0 Å². The van der Waals surface area contributed by atoms with E-state index in [-0.39, 0.29) is 5.75 Å². The van der Waals surface area contributed by atoms with E-state index >= 15 is 0 Å². The Kier molecular flexibility index (Phi) is 3.81. The molecule has 0 unspecified atom stereocenters. The van der Waals surface area contributed by atoms with Crippen LogP contribution in [0.1, 0.15) is 5.56 Å². The molecular weight excluding hydrogens is 276 g/mol. The van der Waals surface area contributed by atoms with Crippen LogP contribution in [0.2, 0.25) is 0 Å². The fraction of sp³-hybridized carbons (Fsp3) is 0. The fourth-order valence-corrected chi connectivity index (χ4v) is 1.65. The first-order valence-corrected chi connectivity index (χ1v) is 5.68. The molecule has 0 heterocycles. The van der Waals surface area contributed by atoms with Crippen molar-refractivity contribution in [1.82, 2.24) is 0 Å². The second-order valence-corrected chi connectivity index (χ2v) is 3.94. The molecule has 0 saturated carbocycles. The third-order valence-corrected chi connectivity index (χ3v) is 2.58. The van der Waals surface area contributed by atoms with Crippen LogP contribution < -0.4 is 4.74 Å². The summed E-state index contributed by atoms with van der Waals surface area (Å²) >= 11 is 0. The van der Waals surface area contributed by atoms with Crippen molar-refractivity contribution in [3.05, 3.63) is 68.3 Å². The van der Waals surface area contributed by atoms with E-state index in [4.69, 9.17) is 11.2 Å². The second kappa shape index (κ2) is 5.71. The Balaban J connectivity index is 2.37. The number of nitrogens with zero attached hydrogens (tertiary/aromatic N) is 2. The van der Waals surface area contributed by atoms with Gasteiger partial charge in [0, 0.05) is 11.6 Å². The molecule has 0 aliphatic carbocycles. The van der Waals surface area contributed by atoms with Crippen LogP contribution in [0.25, 0.3) is 0 Å². The lowest BCUT2D eigenvalue weighted by atomic mass is 10.2. The Hall–Kier alpha value is -3.40. The van der Waals surface area contributed by atoms with Crippen molar-refractivity contribution < 1.29 is 14.6 Å². The van der Waals surface area contributed by atoms with Gasteiger partial charge in [0.15, 0.2) is 0 Å². The number of hydrogen-bond donors (Lipinski definition) is 0. The van der Waals surface area contributed by atoms with Crippen molar-refractivity contribution in [2.24, 2.45) is 0 Å². The van der Waals surface area contributed by atoms with Crippen molar-refractivity contribution in [3.8, 4) is 23.8 Å². The molecule has 0 aliphatic heterocycles. The maximum absolute atomic E-state index is 10.9. The molecule has 0 radical (unpaired) electrons. The highest BCUT2D eigenvalue weighted by Gasteiger charge is 2.24. The summed E-state index contributed by atoms with van der Waals surface area (Å²) < 4.78 is 5.42. The molecule has 0 aliphatic rings. The monoisotopic (exact) mass is 284 g/mol.